The van der Waals surface area contributed by atoms with Gasteiger partial charge in [-0.25, -0.2) is 9.87 Å². The van der Waals surface area contributed by atoms with Gasteiger partial charge in [-0.3, -0.25) is 9.63 Å². The molecule has 1 fully saturated rings. The molecule has 0 spiro atoms. The monoisotopic (exact) mass is 537 g/mol. The fraction of sp³-hybridized carbons (Fsp3) is 0.206. The van der Waals surface area contributed by atoms with Crippen molar-refractivity contribution in [3.63, 3.8) is 0 Å². The van der Waals surface area contributed by atoms with Crippen LogP contribution in [0.2, 0.25) is 0 Å². The number of carbonyl (C=O) groups excluding carboxylic acids is 1. The van der Waals surface area contributed by atoms with E-state index in [1.807, 2.05) is 66.7 Å². The SMILES string of the molecule is O=C(Oc1ccccc1)C1(c2ccccc2F)CCC(=C(NOCc2ccccc2)OCc2ccccc2)CC1. The molecule has 1 aliphatic rings. The smallest absolute Gasteiger partial charge is 0.322 e. The lowest BCUT2D eigenvalue weighted by Gasteiger charge is -2.37. The minimum absolute atomic E-state index is 0.356. The highest BCUT2D eigenvalue weighted by molar-refractivity contribution is 5.85. The number of para-hydroxylation sites is 1. The van der Waals surface area contributed by atoms with Gasteiger partial charge in [0.15, 0.2) is 0 Å². The minimum atomic E-state index is -1.12. The summed E-state index contributed by atoms with van der Waals surface area (Å²) in [5.41, 5.74) is 5.27. The van der Waals surface area contributed by atoms with Crippen molar-refractivity contribution in [3.8, 4) is 5.75 Å². The zero-order valence-electron chi connectivity index (χ0n) is 22.2. The molecule has 1 saturated carbocycles. The summed E-state index contributed by atoms with van der Waals surface area (Å²) in [5.74, 6) is 0.0958. The van der Waals surface area contributed by atoms with Gasteiger partial charge in [0.1, 0.15) is 18.2 Å². The molecule has 204 valence electrons. The number of carbonyl (C=O) groups is 1. The maximum atomic E-state index is 15.1. The summed E-state index contributed by atoms with van der Waals surface area (Å²) >= 11 is 0. The maximum Gasteiger partial charge on any atom is 0.322 e. The van der Waals surface area contributed by atoms with Crippen molar-refractivity contribution in [1.82, 2.24) is 5.48 Å². The molecule has 1 aliphatic carbocycles. The lowest BCUT2D eigenvalue weighted by molar-refractivity contribution is -0.142. The predicted molar refractivity (Wildman–Crippen MR) is 151 cm³/mol. The number of hydrogen-bond donors (Lipinski definition) is 1. The highest BCUT2D eigenvalue weighted by atomic mass is 19.1. The van der Waals surface area contributed by atoms with Crippen LogP contribution in [0.1, 0.15) is 42.4 Å². The van der Waals surface area contributed by atoms with Gasteiger partial charge in [0.05, 0.1) is 12.0 Å². The number of ether oxygens (including phenoxy) is 2. The average molecular weight is 538 g/mol. The molecular weight excluding hydrogens is 505 g/mol. The van der Waals surface area contributed by atoms with E-state index in [-0.39, 0.29) is 0 Å². The molecule has 40 heavy (non-hydrogen) atoms. The quantitative estimate of drug-likeness (QED) is 0.0989. The largest absolute Gasteiger partial charge is 0.473 e. The van der Waals surface area contributed by atoms with Crippen molar-refractivity contribution in [1.29, 1.82) is 0 Å². The second kappa shape index (κ2) is 13.1. The van der Waals surface area contributed by atoms with E-state index in [4.69, 9.17) is 14.3 Å². The van der Waals surface area contributed by atoms with E-state index < -0.39 is 17.2 Å². The number of halogens is 1. The van der Waals surface area contributed by atoms with Crippen LogP contribution in [0.15, 0.2) is 127 Å². The molecule has 1 N–H and O–H groups in total. The van der Waals surface area contributed by atoms with Crippen molar-refractivity contribution >= 4 is 5.97 Å². The van der Waals surface area contributed by atoms with Gasteiger partial charge in [-0.05, 0) is 60.6 Å². The molecular formula is C34H32FNO4. The molecule has 4 aromatic carbocycles. The van der Waals surface area contributed by atoms with Gasteiger partial charge in [-0.15, -0.1) is 0 Å². The van der Waals surface area contributed by atoms with Crippen molar-refractivity contribution in [2.24, 2.45) is 0 Å². The van der Waals surface area contributed by atoms with E-state index in [0.29, 0.717) is 56.1 Å². The van der Waals surface area contributed by atoms with Gasteiger partial charge < -0.3 is 9.47 Å². The first-order chi connectivity index (χ1) is 19.6. The van der Waals surface area contributed by atoms with E-state index in [1.165, 1.54) is 6.07 Å². The lowest BCUT2D eigenvalue weighted by atomic mass is 9.68. The molecule has 0 aliphatic heterocycles. The van der Waals surface area contributed by atoms with E-state index in [1.54, 1.807) is 42.5 Å². The summed E-state index contributed by atoms with van der Waals surface area (Å²) in [4.78, 5) is 19.5. The normalized spacial score (nSPS) is 16.7. The van der Waals surface area contributed by atoms with Crippen LogP contribution in [0, 0.1) is 5.82 Å². The lowest BCUT2D eigenvalue weighted by Crippen LogP contribution is -2.42. The van der Waals surface area contributed by atoms with Crippen molar-refractivity contribution in [3.05, 3.63) is 149 Å². The van der Waals surface area contributed by atoms with Crippen LogP contribution in [-0.2, 0) is 33.0 Å². The summed E-state index contributed by atoms with van der Waals surface area (Å²) in [6.07, 6.45) is 1.75. The van der Waals surface area contributed by atoms with E-state index in [0.717, 1.165) is 16.7 Å². The van der Waals surface area contributed by atoms with Crippen LogP contribution < -0.4 is 10.2 Å². The zero-order chi connectivity index (χ0) is 27.6. The summed E-state index contributed by atoms with van der Waals surface area (Å²) in [5, 5.41) is 0. The van der Waals surface area contributed by atoms with Gasteiger partial charge in [-0.1, -0.05) is 97.1 Å². The molecule has 0 radical (unpaired) electrons. The number of hydrogen-bond acceptors (Lipinski definition) is 5. The van der Waals surface area contributed by atoms with Gasteiger partial charge >= 0.3 is 5.97 Å². The Labute approximate surface area is 234 Å². The minimum Gasteiger partial charge on any atom is -0.473 e. The second-order valence-electron chi connectivity index (χ2n) is 9.85. The topological polar surface area (TPSA) is 56.8 Å². The van der Waals surface area contributed by atoms with E-state index in [2.05, 4.69) is 5.48 Å². The predicted octanol–water partition coefficient (Wildman–Crippen LogP) is 7.39. The third-order valence-electron chi connectivity index (χ3n) is 7.23. The molecule has 4 aromatic rings. The Kier molecular flexibility index (Phi) is 8.89. The third-order valence-corrected chi connectivity index (χ3v) is 7.23. The van der Waals surface area contributed by atoms with E-state index in [9.17, 15) is 4.79 Å². The van der Waals surface area contributed by atoms with Crippen molar-refractivity contribution < 1.29 is 23.5 Å². The Morgan fingerprint density at radius 3 is 1.90 bits per heavy atom. The molecule has 0 unspecified atom stereocenters. The number of benzene rings is 4. The number of nitrogens with one attached hydrogen (secondary N) is 1. The van der Waals surface area contributed by atoms with E-state index >= 15 is 4.39 Å². The van der Waals surface area contributed by atoms with Crippen molar-refractivity contribution in [2.45, 2.75) is 44.3 Å². The van der Waals surface area contributed by atoms with Gasteiger partial charge in [-0.2, -0.15) is 0 Å². The molecule has 6 heteroatoms. The summed E-state index contributed by atoms with van der Waals surface area (Å²) in [6.45, 7) is 0.713. The number of hydroxylamine groups is 1. The summed E-state index contributed by atoms with van der Waals surface area (Å²) < 4.78 is 27.1. The first-order valence-electron chi connectivity index (χ1n) is 13.5. The van der Waals surface area contributed by atoms with Crippen LogP contribution >= 0.6 is 0 Å². The summed E-state index contributed by atoms with van der Waals surface area (Å²) in [6, 6.07) is 35.1. The average Bonchev–Trinajstić information content (AvgIpc) is 3.01. The van der Waals surface area contributed by atoms with Crippen LogP contribution in [0.5, 0.6) is 5.75 Å². The van der Waals surface area contributed by atoms with Gasteiger partial charge in [0.25, 0.3) is 0 Å². The molecule has 5 nitrogen and oxygen atoms in total. The number of rotatable bonds is 10. The van der Waals surface area contributed by atoms with Crippen LogP contribution in [0.4, 0.5) is 4.39 Å². The maximum absolute atomic E-state index is 15.1. The van der Waals surface area contributed by atoms with Crippen molar-refractivity contribution in [2.75, 3.05) is 0 Å². The highest BCUT2D eigenvalue weighted by Gasteiger charge is 2.46. The molecule has 0 saturated heterocycles. The highest BCUT2D eigenvalue weighted by Crippen LogP contribution is 2.44. The van der Waals surface area contributed by atoms with Crippen LogP contribution in [-0.4, -0.2) is 5.97 Å². The Bertz CT molecular complexity index is 1410. The molecule has 0 heterocycles. The Balaban J connectivity index is 1.38. The van der Waals surface area contributed by atoms with Crippen LogP contribution in [0.25, 0.3) is 0 Å². The third kappa shape index (κ3) is 6.58. The molecule has 0 aromatic heterocycles. The molecule has 0 amide bonds. The number of esters is 1. The first kappa shape index (κ1) is 27.2. The van der Waals surface area contributed by atoms with Gasteiger partial charge in [0.2, 0.25) is 5.88 Å². The van der Waals surface area contributed by atoms with Gasteiger partial charge in [0, 0.05) is 5.56 Å². The fourth-order valence-electron chi connectivity index (χ4n) is 5.02. The Morgan fingerprint density at radius 2 is 1.27 bits per heavy atom. The first-order valence-corrected chi connectivity index (χ1v) is 13.5. The Hall–Kier alpha value is -4.42. The van der Waals surface area contributed by atoms with Crippen LogP contribution in [0.3, 0.4) is 0 Å². The Morgan fingerprint density at radius 1 is 0.725 bits per heavy atom. The molecule has 0 atom stereocenters. The number of allylic oxidation sites excluding steroid dienone is 1. The summed E-state index contributed by atoms with van der Waals surface area (Å²) in [7, 11) is 0. The second-order valence-corrected chi connectivity index (χ2v) is 9.85. The molecule has 0 bridgehead atoms. The fourth-order valence-corrected chi connectivity index (χ4v) is 5.02. The standard InChI is InChI=1S/C34H32FNO4/c35-31-19-11-10-18-30(31)34(33(37)40-29-16-8-3-9-17-29)22-20-28(21-23-34)32(38-24-26-12-4-1-5-13-26)36-39-25-27-14-6-2-7-15-27/h1-19,36H,20-25H2. The molecule has 5 rings (SSSR count). The zero-order valence-corrected chi connectivity index (χ0v) is 22.2.